The van der Waals surface area contributed by atoms with E-state index in [1.54, 1.807) is 38.5 Å². The summed E-state index contributed by atoms with van der Waals surface area (Å²) in [6, 6.07) is 25.3. The minimum absolute atomic E-state index is 0.0471. The molecule has 0 aliphatic carbocycles. The lowest BCUT2D eigenvalue weighted by atomic mass is 9.66. The van der Waals surface area contributed by atoms with E-state index in [9.17, 15) is 26.7 Å². The van der Waals surface area contributed by atoms with Gasteiger partial charge in [-0.1, -0.05) is 169 Å². The van der Waals surface area contributed by atoms with E-state index in [-0.39, 0.29) is 35.0 Å². The van der Waals surface area contributed by atoms with Crippen molar-refractivity contribution in [3.05, 3.63) is 107 Å². The van der Waals surface area contributed by atoms with Crippen molar-refractivity contribution < 1.29 is 68.2 Å². The summed E-state index contributed by atoms with van der Waals surface area (Å²) in [5.74, 6) is 3.30. The van der Waals surface area contributed by atoms with Gasteiger partial charge in [-0.2, -0.15) is 21.6 Å². The normalized spacial score (nSPS) is 19.2. The predicted molar refractivity (Wildman–Crippen MR) is 339 cm³/mol. The summed E-state index contributed by atoms with van der Waals surface area (Å²) >= 11 is 0. The molecule has 1 N–H and O–H groups in total. The highest BCUT2D eigenvalue weighted by Crippen LogP contribution is 2.52. The fourth-order valence-electron chi connectivity index (χ4n) is 10.8. The standard InChI is InChI=1S/C34H51F3O7SSi.C33H52O5Si/c1-32(2,3)46(6,7)43-22-14-12-10-8-9-11-13-15-30-29-21-20-28(42-25-40-5)23-31(29)41-24-33(30,4)26-16-18-27(19-17-26)44-45(38,39)34(35,36)37;1-32(2,3)39(6,7)38-22-14-12-10-8-9-11-13-15-30-29-21-20-28(37-25-35-5)23-31(29)36-24-33(30,4)26-16-18-27(34)19-17-26/h16-21,23,30H,8-15,22,24-25H2,1-7H3;16-21,23,30,34H,8-15,22,24-25H2,1-7H3. The summed E-state index contributed by atoms with van der Waals surface area (Å²) < 4.78 is 112. The summed E-state index contributed by atoms with van der Waals surface area (Å²) in [6.07, 6.45) is 18.5. The maximum Gasteiger partial charge on any atom is 0.534 e. The highest BCUT2D eigenvalue weighted by molar-refractivity contribution is 7.88. The maximum absolute atomic E-state index is 12.8. The molecule has 18 heteroatoms. The van der Waals surface area contributed by atoms with Crippen molar-refractivity contribution in [3.8, 4) is 34.5 Å². The Morgan fingerprint density at radius 2 is 0.871 bits per heavy atom. The van der Waals surface area contributed by atoms with Crippen molar-refractivity contribution in [1.82, 2.24) is 0 Å². The van der Waals surface area contributed by atoms with E-state index in [1.165, 1.54) is 81.0 Å². The Bertz CT molecular complexity index is 2750. The topological polar surface area (TPSA) is 137 Å². The Morgan fingerprint density at radius 1 is 0.529 bits per heavy atom. The number of hydrogen-bond donors (Lipinski definition) is 1. The molecule has 4 aromatic carbocycles. The molecular formula is C67H103F3O12SSi2. The van der Waals surface area contributed by atoms with Crippen LogP contribution in [0.1, 0.15) is 192 Å². The number of rotatable bonds is 32. The number of methoxy groups -OCH3 is 2. The van der Waals surface area contributed by atoms with Crippen LogP contribution in [0.5, 0.6) is 34.5 Å². The SMILES string of the molecule is COCOc1ccc2c(c1)OCC(C)(c1ccc(O)cc1)C2CCCCCCCCCO[Si](C)(C)C(C)(C)C.COCOc1ccc2c(c1)OCC(C)(c1ccc(OS(=O)(=O)C(F)(F)F)cc1)C2CCCCCCCCCO[Si](C)(C)C(C)(C)C. The summed E-state index contributed by atoms with van der Waals surface area (Å²) in [6.45, 7) is 30.3. The Hall–Kier alpha value is -4.31. The Balaban J connectivity index is 0.000000315. The zero-order chi connectivity index (χ0) is 62.7. The van der Waals surface area contributed by atoms with Crippen LogP contribution in [0.2, 0.25) is 36.3 Å². The first-order chi connectivity index (χ1) is 39.9. The molecule has 478 valence electrons. The van der Waals surface area contributed by atoms with E-state index < -0.39 is 43.4 Å². The van der Waals surface area contributed by atoms with Crippen LogP contribution in [0.4, 0.5) is 13.2 Å². The number of alkyl halides is 3. The van der Waals surface area contributed by atoms with Crippen LogP contribution in [0.3, 0.4) is 0 Å². The minimum Gasteiger partial charge on any atom is -0.508 e. The number of hydrogen-bond acceptors (Lipinski definition) is 12. The van der Waals surface area contributed by atoms with Crippen LogP contribution in [-0.2, 0) is 39.3 Å². The van der Waals surface area contributed by atoms with E-state index in [0.29, 0.717) is 30.6 Å². The van der Waals surface area contributed by atoms with Gasteiger partial charge < -0.3 is 46.6 Å². The third-order valence-electron chi connectivity index (χ3n) is 18.3. The molecule has 85 heavy (non-hydrogen) atoms. The van der Waals surface area contributed by atoms with Crippen LogP contribution >= 0.6 is 0 Å². The smallest absolute Gasteiger partial charge is 0.508 e. The summed E-state index contributed by atoms with van der Waals surface area (Å²) in [5, 5.41) is 10.4. The van der Waals surface area contributed by atoms with Gasteiger partial charge in [-0.25, -0.2) is 0 Å². The molecule has 0 amide bonds. The van der Waals surface area contributed by atoms with Gasteiger partial charge in [0.15, 0.2) is 30.2 Å². The quantitative estimate of drug-likeness (QED) is 0.0164. The lowest BCUT2D eigenvalue weighted by Crippen LogP contribution is -2.40. The lowest BCUT2D eigenvalue weighted by molar-refractivity contribution is -0.0500. The van der Waals surface area contributed by atoms with E-state index in [0.717, 1.165) is 86.5 Å². The fraction of sp³-hybridized carbons (Fsp3) is 0.642. The van der Waals surface area contributed by atoms with E-state index in [1.807, 2.05) is 42.5 Å². The number of fused-ring (bicyclic) bond motifs is 2. The van der Waals surface area contributed by atoms with E-state index >= 15 is 0 Å². The average molecular weight is 1250 g/mol. The highest BCUT2D eigenvalue weighted by Gasteiger charge is 2.49. The molecule has 2 heterocycles. The summed E-state index contributed by atoms with van der Waals surface area (Å²) in [5.41, 5.74) is -1.90. The van der Waals surface area contributed by atoms with Gasteiger partial charge in [0.05, 0.1) is 13.2 Å². The molecule has 0 saturated carbocycles. The van der Waals surface area contributed by atoms with Gasteiger partial charge in [-0.15, -0.1) is 0 Å². The average Bonchev–Trinajstić information content (AvgIpc) is 1.27. The van der Waals surface area contributed by atoms with Crippen LogP contribution < -0.4 is 23.1 Å². The minimum atomic E-state index is -5.75. The molecule has 0 radical (unpaired) electrons. The van der Waals surface area contributed by atoms with E-state index in [4.69, 9.17) is 37.3 Å². The first-order valence-corrected chi connectivity index (χ1v) is 38.1. The molecule has 4 atom stereocenters. The number of ether oxygens (including phenoxy) is 6. The highest BCUT2D eigenvalue weighted by atomic mass is 32.2. The molecule has 0 spiro atoms. The van der Waals surface area contributed by atoms with Crippen molar-refractivity contribution in [2.24, 2.45) is 0 Å². The second-order valence-corrected chi connectivity index (χ2v) is 38.0. The first kappa shape index (κ1) is 71.4. The second-order valence-electron chi connectivity index (χ2n) is 26.8. The van der Waals surface area contributed by atoms with Crippen LogP contribution in [-0.4, -0.2) is 89.9 Å². The van der Waals surface area contributed by atoms with Gasteiger partial charge in [0.25, 0.3) is 0 Å². The fourth-order valence-corrected chi connectivity index (χ4v) is 13.4. The number of halogens is 3. The molecule has 12 nitrogen and oxygen atoms in total. The molecule has 0 fully saturated rings. The lowest BCUT2D eigenvalue weighted by Gasteiger charge is -2.43. The number of benzene rings is 4. The Morgan fingerprint density at radius 3 is 1.22 bits per heavy atom. The number of phenols is 1. The molecule has 0 aromatic heterocycles. The van der Waals surface area contributed by atoms with Gasteiger partial charge in [-0.3, -0.25) is 0 Å². The van der Waals surface area contributed by atoms with Gasteiger partial charge in [0.2, 0.25) is 0 Å². The third kappa shape index (κ3) is 20.4. The summed E-state index contributed by atoms with van der Waals surface area (Å²) in [7, 11) is -5.88. The second kappa shape index (κ2) is 31.7. The van der Waals surface area contributed by atoms with E-state index in [2.05, 4.69) is 91.8 Å². The van der Waals surface area contributed by atoms with Gasteiger partial charge >= 0.3 is 15.6 Å². The monoisotopic (exact) mass is 1240 g/mol. The Labute approximate surface area is 510 Å². The third-order valence-corrected chi connectivity index (χ3v) is 28.4. The molecule has 2 aliphatic rings. The largest absolute Gasteiger partial charge is 0.534 e. The molecule has 6 rings (SSSR count). The Kier molecular flexibility index (Phi) is 26.7. The first-order valence-electron chi connectivity index (χ1n) is 30.8. The molecule has 0 bridgehead atoms. The number of phenolic OH excluding ortho intramolecular Hbond substituents is 1. The van der Waals surface area contributed by atoms with Crippen molar-refractivity contribution in [3.63, 3.8) is 0 Å². The van der Waals surface area contributed by atoms with Gasteiger partial charge in [0.1, 0.15) is 34.5 Å². The van der Waals surface area contributed by atoms with Crippen LogP contribution in [0.25, 0.3) is 0 Å². The number of unbranched alkanes of at least 4 members (excludes halogenated alkanes) is 12. The molecular weight excluding hydrogens is 1140 g/mol. The van der Waals surface area contributed by atoms with Gasteiger partial charge in [0, 0.05) is 62.2 Å². The van der Waals surface area contributed by atoms with Crippen molar-refractivity contribution in [2.45, 2.75) is 223 Å². The molecule has 0 saturated heterocycles. The van der Waals surface area contributed by atoms with Gasteiger partial charge in [-0.05, 0) is 121 Å². The maximum atomic E-state index is 12.8. The predicted octanol–water partition coefficient (Wildman–Crippen LogP) is 18.4. The summed E-state index contributed by atoms with van der Waals surface area (Å²) in [4.78, 5) is 0. The van der Waals surface area contributed by atoms with Crippen LogP contribution in [0, 0.1) is 0 Å². The zero-order valence-corrected chi connectivity index (χ0v) is 56.6. The van der Waals surface area contributed by atoms with Crippen molar-refractivity contribution in [1.29, 1.82) is 0 Å². The molecule has 4 unspecified atom stereocenters. The molecule has 2 aliphatic heterocycles. The van der Waals surface area contributed by atoms with Crippen molar-refractivity contribution >= 4 is 26.8 Å². The number of aromatic hydroxyl groups is 1. The van der Waals surface area contributed by atoms with Crippen molar-refractivity contribution in [2.75, 3.05) is 54.2 Å². The zero-order valence-electron chi connectivity index (χ0n) is 53.8. The van der Waals surface area contributed by atoms with Crippen LogP contribution in [0.15, 0.2) is 84.9 Å². The molecule has 4 aromatic rings.